The second kappa shape index (κ2) is 3.69. The Kier molecular flexibility index (Phi) is 3.32. The summed E-state index contributed by atoms with van der Waals surface area (Å²) in [6.07, 6.45) is 3.85. The van der Waals surface area contributed by atoms with E-state index in [2.05, 4.69) is 22.0 Å². The van der Waals surface area contributed by atoms with Crippen LogP contribution in [0.5, 0.6) is 0 Å². The fourth-order valence-electron chi connectivity index (χ4n) is 1.10. The maximum atomic E-state index is 6.26. The summed E-state index contributed by atoms with van der Waals surface area (Å²) in [5, 5.41) is 0. The summed E-state index contributed by atoms with van der Waals surface area (Å²) in [4.78, 5) is 0. The van der Waals surface area contributed by atoms with Gasteiger partial charge in [0, 0.05) is 9.86 Å². The van der Waals surface area contributed by atoms with Gasteiger partial charge in [0.25, 0.3) is 0 Å². The molecule has 0 aromatic heterocycles. The molecule has 0 saturated heterocycles. The standard InChI is InChI=1S/C7H11BrClNS/c1-5(10)4-7(9)3-2-6(8)11-7/h2,5H,3-4,10H2,1H3/t5-,7?/m1/s1. The van der Waals surface area contributed by atoms with E-state index >= 15 is 0 Å². The summed E-state index contributed by atoms with van der Waals surface area (Å²) < 4.78 is 0.945. The Labute approximate surface area is 84.9 Å². The van der Waals surface area contributed by atoms with Crippen molar-refractivity contribution in [3.63, 3.8) is 0 Å². The van der Waals surface area contributed by atoms with Crippen LogP contribution in [0.25, 0.3) is 0 Å². The van der Waals surface area contributed by atoms with Crippen LogP contribution in [0.4, 0.5) is 0 Å². The third-order valence-corrected chi connectivity index (χ3v) is 3.88. The van der Waals surface area contributed by atoms with E-state index in [0.717, 1.165) is 16.7 Å². The van der Waals surface area contributed by atoms with Crippen molar-refractivity contribution in [2.75, 3.05) is 0 Å². The third kappa shape index (κ3) is 2.98. The van der Waals surface area contributed by atoms with Gasteiger partial charge in [0.15, 0.2) is 0 Å². The van der Waals surface area contributed by atoms with E-state index < -0.39 is 0 Å². The highest BCUT2D eigenvalue weighted by molar-refractivity contribution is 9.14. The average molecular weight is 257 g/mol. The lowest BCUT2D eigenvalue weighted by Crippen LogP contribution is -2.26. The van der Waals surface area contributed by atoms with Crippen LogP contribution in [-0.4, -0.2) is 10.2 Å². The molecule has 0 aromatic carbocycles. The number of allylic oxidation sites excluding steroid dienone is 1. The number of halogens is 2. The summed E-state index contributed by atoms with van der Waals surface area (Å²) in [5.41, 5.74) is 5.67. The topological polar surface area (TPSA) is 26.0 Å². The number of rotatable bonds is 2. The van der Waals surface area contributed by atoms with Gasteiger partial charge in [-0.15, -0.1) is 11.6 Å². The maximum Gasteiger partial charge on any atom is 0.0997 e. The van der Waals surface area contributed by atoms with E-state index in [9.17, 15) is 0 Å². The minimum Gasteiger partial charge on any atom is -0.328 e. The van der Waals surface area contributed by atoms with Crippen molar-refractivity contribution < 1.29 is 0 Å². The van der Waals surface area contributed by atoms with Crippen LogP contribution in [0.15, 0.2) is 9.89 Å². The van der Waals surface area contributed by atoms with Crippen molar-refractivity contribution >= 4 is 39.3 Å². The van der Waals surface area contributed by atoms with Crippen LogP contribution in [0.1, 0.15) is 19.8 Å². The molecule has 1 rings (SSSR count). The lowest BCUT2D eigenvalue weighted by atomic mass is 10.1. The molecule has 1 aliphatic heterocycles. The quantitative estimate of drug-likeness (QED) is 0.769. The number of alkyl halides is 1. The van der Waals surface area contributed by atoms with Crippen LogP contribution >= 0.6 is 39.3 Å². The van der Waals surface area contributed by atoms with E-state index in [1.165, 1.54) is 0 Å². The molecular formula is C7H11BrClNS. The van der Waals surface area contributed by atoms with Crippen molar-refractivity contribution in [3.8, 4) is 0 Å². The van der Waals surface area contributed by atoms with E-state index in [1.54, 1.807) is 11.8 Å². The largest absolute Gasteiger partial charge is 0.328 e. The molecule has 0 aromatic rings. The lowest BCUT2D eigenvalue weighted by Gasteiger charge is -2.21. The summed E-state index contributed by atoms with van der Waals surface area (Å²) in [5.74, 6) is 0. The molecule has 4 heteroatoms. The maximum absolute atomic E-state index is 6.26. The van der Waals surface area contributed by atoms with Crippen LogP contribution < -0.4 is 5.73 Å². The molecule has 1 aliphatic rings. The van der Waals surface area contributed by atoms with Gasteiger partial charge in [0.2, 0.25) is 0 Å². The van der Waals surface area contributed by atoms with Gasteiger partial charge in [-0.25, -0.2) is 0 Å². The Bertz CT molecular complexity index is 183. The Hall–Kier alpha value is 0.820. The first-order valence-electron chi connectivity index (χ1n) is 3.51. The van der Waals surface area contributed by atoms with Gasteiger partial charge >= 0.3 is 0 Å². The molecule has 1 nitrogen and oxygen atoms in total. The Morgan fingerprint density at radius 2 is 2.64 bits per heavy atom. The minimum atomic E-state index is -0.187. The summed E-state index contributed by atoms with van der Waals surface area (Å²) in [6.45, 7) is 1.98. The Morgan fingerprint density at radius 1 is 2.00 bits per heavy atom. The number of hydrogen-bond acceptors (Lipinski definition) is 2. The molecule has 11 heavy (non-hydrogen) atoms. The molecular weight excluding hydrogens is 246 g/mol. The minimum absolute atomic E-state index is 0.173. The molecule has 1 heterocycles. The normalized spacial score (nSPS) is 33.6. The lowest BCUT2D eigenvalue weighted by molar-refractivity contribution is 0.612. The number of nitrogens with two attached hydrogens (primary N) is 1. The van der Waals surface area contributed by atoms with E-state index in [1.807, 2.05) is 6.92 Å². The van der Waals surface area contributed by atoms with Crippen molar-refractivity contribution in [1.82, 2.24) is 0 Å². The van der Waals surface area contributed by atoms with E-state index in [0.29, 0.717) is 0 Å². The zero-order valence-electron chi connectivity index (χ0n) is 6.31. The van der Waals surface area contributed by atoms with Crippen molar-refractivity contribution in [1.29, 1.82) is 0 Å². The summed E-state index contributed by atoms with van der Waals surface area (Å²) in [7, 11) is 0. The van der Waals surface area contributed by atoms with Gasteiger partial charge < -0.3 is 5.73 Å². The smallest absolute Gasteiger partial charge is 0.0997 e. The van der Waals surface area contributed by atoms with Crippen LogP contribution in [0.3, 0.4) is 0 Å². The Balaban J connectivity index is 2.46. The molecule has 0 bridgehead atoms. The second-order valence-electron chi connectivity index (χ2n) is 2.88. The van der Waals surface area contributed by atoms with Gasteiger partial charge in [-0.1, -0.05) is 17.8 Å². The second-order valence-corrected chi connectivity index (χ2v) is 6.63. The molecule has 64 valence electrons. The van der Waals surface area contributed by atoms with Crippen molar-refractivity contribution in [2.45, 2.75) is 30.0 Å². The molecule has 0 saturated carbocycles. The van der Waals surface area contributed by atoms with Gasteiger partial charge in [-0.05, 0) is 35.7 Å². The third-order valence-electron chi connectivity index (χ3n) is 1.47. The first-order valence-corrected chi connectivity index (χ1v) is 5.50. The van der Waals surface area contributed by atoms with Gasteiger partial charge in [-0.2, -0.15) is 0 Å². The van der Waals surface area contributed by atoms with Gasteiger partial charge in [-0.3, -0.25) is 0 Å². The monoisotopic (exact) mass is 255 g/mol. The number of thioether (sulfide) groups is 1. The highest BCUT2D eigenvalue weighted by Crippen LogP contribution is 2.50. The molecule has 0 radical (unpaired) electrons. The Morgan fingerprint density at radius 3 is 3.00 bits per heavy atom. The predicted molar refractivity (Wildman–Crippen MR) is 56.1 cm³/mol. The average Bonchev–Trinajstić information content (AvgIpc) is 2.08. The first-order chi connectivity index (χ1) is 5.02. The molecule has 0 aliphatic carbocycles. The van der Waals surface area contributed by atoms with Crippen molar-refractivity contribution in [3.05, 3.63) is 9.89 Å². The fraction of sp³-hybridized carbons (Fsp3) is 0.714. The SMILES string of the molecule is C[C@@H](N)CC1(Cl)CC=C(Br)S1. The van der Waals surface area contributed by atoms with Gasteiger partial charge in [0.1, 0.15) is 0 Å². The number of hydrogen-bond donors (Lipinski definition) is 1. The van der Waals surface area contributed by atoms with E-state index in [-0.39, 0.29) is 10.2 Å². The summed E-state index contributed by atoms with van der Waals surface area (Å²) >= 11 is 11.3. The van der Waals surface area contributed by atoms with Gasteiger partial charge in [0.05, 0.1) is 4.21 Å². The fourth-order valence-corrected chi connectivity index (χ4v) is 4.07. The highest BCUT2D eigenvalue weighted by Gasteiger charge is 2.33. The molecule has 0 fully saturated rings. The molecule has 2 N–H and O–H groups in total. The van der Waals surface area contributed by atoms with Crippen molar-refractivity contribution in [2.24, 2.45) is 5.73 Å². The highest BCUT2D eigenvalue weighted by atomic mass is 79.9. The van der Waals surface area contributed by atoms with Crippen LogP contribution in [-0.2, 0) is 0 Å². The predicted octanol–water partition coefficient (Wildman–Crippen LogP) is 3.03. The molecule has 2 atom stereocenters. The molecule has 0 spiro atoms. The first kappa shape index (κ1) is 9.90. The summed E-state index contributed by atoms with van der Waals surface area (Å²) in [6, 6.07) is 0.173. The zero-order chi connectivity index (χ0) is 8.48. The molecule has 1 unspecified atom stereocenters. The van der Waals surface area contributed by atoms with Crippen LogP contribution in [0.2, 0.25) is 0 Å². The van der Waals surface area contributed by atoms with E-state index in [4.69, 9.17) is 17.3 Å². The zero-order valence-corrected chi connectivity index (χ0v) is 9.47. The van der Waals surface area contributed by atoms with Crippen LogP contribution in [0, 0.1) is 0 Å². The molecule has 0 amide bonds.